The summed E-state index contributed by atoms with van der Waals surface area (Å²) in [6, 6.07) is 9.78. The molecule has 8 heteroatoms. The molecule has 1 atom stereocenters. The first-order chi connectivity index (χ1) is 17.5. The van der Waals surface area contributed by atoms with Crippen molar-refractivity contribution in [1.29, 1.82) is 0 Å². The Morgan fingerprint density at radius 3 is 2.44 bits per heavy atom. The molecule has 0 aliphatic heterocycles. The predicted molar refractivity (Wildman–Crippen MR) is 144 cm³/mol. The Kier molecular flexibility index (Phi) is 9.90. The number of hydrogen-bond donors (Lipinski definition) is 4. The maximum absolute atomic E-state index is 12.4. The number of rotatable bonds is 14. The number of nitrogens with zero attached hydrogens (tertiary/aromatic N) is 1. The normalized spacial score (nSPS) is 11.9. The first-order valence-corrected chi connectivity index (χ1v) is 12.7. The highest BCUT2D eigenvalue weighted by molar-refractivity contribution is 6.08. The van der Waals surface area contributed by atoms with E-state index < -0.39 is 5.91 Å². The van der Waals surface area contributed by atoms with Gasteiger partial charge in [0.25, 0.3) is 5.91 Å². The lowest BCUT2D eigenvalue weighted by Gasteiger charge is -2.21. The fourth-order valence-electron chi connectivity index (χ4n) is 4.39. The number of pyridine rings is 1. The summed E-state index contributed by atoms with van der Waals surface area (Å²) in [6.07, 6.45) is 4.19. The van der Waals surface area contributed by atoms with Crippen molar-refractivity contribution in [1.82, 2.24) is 10.3 Å². The molecular formula is C28H38N4O4. The fraction of sp³-hybridized carbons (Fsp3) is 0.429. The van der Waals surface area contributed by atoms with Crippen LogP contribution in [-0.4, -0.2) is 41.9 Å². The number of nitrogens with two attached hydrogens (primary N) is 1. The summed E-state index contributed by atoms with van der Waals surface area (Å²) in [4.78, 5) is 16.9. The topological polar surface area (TPSA) is 119 Å². The van der Waals surface area contributed by atoms with E-state index in [2.05, 4.69) is 35.5 Å². The maximum atomic E-state index is 12.4. The molecule has 0 fully saturated rings. The van der Waals surface area contributed by atoms with E-state index in [4.69, 9.17) is 15.2 Å². The van der Waals surface area contributed by atoms with Gasteiger partial charge in [-0.25, -0.2) is 0 Å². The Balaban J connectivity index is 2.08. The minimum Gasteiger partial charge on any atom is -0.490 e. The number of aromatic nitrogens is 1. The Labute approximate surface area is 213 Å². The van der Waals surface area contributed by atoms with Gasteiger partial charge in [0.05, 0.1) is 36.6 Å². The molecule has 0 saturated heterocycles. The van der Waals surface area contributed by atoms with Gasteiger partial charge in [-0.3, -0.25) is 9.78 Å². The van der Waals surface area contributed by atoms with Crippen molar-refractivity contribution in [2.75, 3.05) is 25.1 Å². The SMILES string of the molecule is CCCC(CO)NCc1cccc(Nc2c(C(N)=O)cnc3cc(OCC)c(OCC)cc23)c1CC. The minimum atomic E-state index is -0.569. The molecule has 1 amide bonds. The van der Waals surface area contributed by atoms with Gasteiger partial charge in [0.2, 0.25) is 0 Å². The molecule has 194 valence electrons. The number of amides is 1. The molecule has 0 saturated carbocycles. The second-order valence-electron chi connectivity index (χ2n) is 8.56. The highest BCUT2D eigenvalue weighted by atomic mass is 16.5. The van der Waals surface area contributed by atoms with Gasteiger partial charge in [-0.15, -0.1) is 0 Å². The number of primary amides is 1. The van der Waals surface area contributed by atoms with E-state index in [-0.39, 0.29) is 12.6 Å². The van der Waals surface area contributed by atoms with Crippen LogP contribution < -0.4 is 25.8 Å². The van der Waals surface area contributed by atoms with Crippen molar-refractivity contribution in [3.05, 3.63) is 53.2 Å². The number of anilines is 2. The van der Waals surface area contributed by atoms with Gasteiger partial charge < -0.3 is 30.9 Å². The van der Waals surface area contributed by atoms with Crippen molar-refractivity contribution in [2.45, 2.75) is 59.5 Å². The van der Waals surface area contributed by atoms with E-state index in [0.717, 1.165) is 36.1 Å². The average molecular weight is 495 g/mol. The molecule has 3 rings (SSSR count). The molecule has 0 bridgehead atoms. The smallest absolute Gasteiger partial charge is 0.252 e. The second-order valence-corrected chi connectivity index (χ2v) is 8.56. The van der Waals surface area contributed by atoms with Crippen LogP contribution in [0, 0.1) is 0 Å². The number of fused-ring (bicyclic) bond motifs is 1. The minimum absolute atomic E-state index is 0.0541. The fourth-order valence-corrected chi connectivity index (χ4v) is 4.39. The maximum Gasteiger partial charge on any atom is 0.252 e. The Morgan fingerprint density at radius 1 is 1.11 bits per heavy atom. The largest absolute Gasteiger partial charge is 0.490 e. The third kappa shape index (κ3) is 6.25. The van der Waals surface area contributed by atoms with Gasteiger partial charge in [0, 0.05) is 35.9 Å². The first-order valence-electron chi connectivity index (χ1n) is 12.7. The molecule has 3 aromatic rings. The van der Waals surface area contributed by atoms with Gasteiger partial charge in [0.15, 0.2) is 11.5 Å². The molecule has 0 radical (unpaired) electrons. The number of aliphatic hydroxyl groups is 1. The summed E-state index contributed by atoms with van der Waals surface area (Å²) < 4.78 is 11.6. The zero-order chi connectivity index (χ0) is 26.1. The van der Waals surface area contributed by atoms with E-state index in [1.807, 2.05) is 38.1 Å². The van der Waals surface area contributed by atoms with E-state index in [1.165, 1.54) is 6.20 Å². The van der Waals surface area contributed by atoms with Gasteiger partial charge >= 0.3 is 0 Å². The summed E-state index contributed by atoms with van der Waals surface area (Å²) in [6.45, 7) is 9.73. The van der Waals surface area contributed by atoms with Crippen LogP contribution in [0.2, 0.25) is 0 Å². The van der Waals surface area contributed by atoms with Crippen LogP contribution >= 0.6 is 0 Å². The molecule has 0 aliphatic carbocycles. The van der Waals surface area contributed by atoms with Crippen molar-refractivity contribution in [3.8, 4) is 11.5 Å². The van der Waals surface area contributed by atoms with Crippen molar-refractivity contribution in [2.24, 2.45) is 5.73 Å². The summed E-state index contributed by atoms with van der Waals surface area (Å²) in [5.41, 5.74) is 10.4. The lowest BCUT2D eigenvalue weighted by atomic mass is 10.0. The molecule has 5 N–H and O–H groups in total. The Bertz CT molecular complexity index is 1180. The quantitative estimate of drug-likeness (QED) is 0.257. The van der Waals surface area contributed by atoms with E-state index in [0.29, 0.717) is 53.4 Å². The van der Waals surface area contributed by atoms with Gasteiger partial charge in [0.1, 0.15) is 0 Å². The van der Waals surface area contributed by atoms with E-state index >= 15 is 0 Å². The molecule has 1 heterocycles. The van der Waals surface area contributed by atoms with Crippen LogP contribution in [0.5, 0.6) is 11.5 Å². The third-order valence-electron chi connectivity index (χ3n) is 6.12. The number of aliphatic hydroxyl groups excluding tert-OH is 1. The van der Waals surface area contributed by atoms with Gasteiger partial charge in [-0.2, -0.15) is 0 Å². The summed E-state index contributed by atoms with van der Waals surface area (Å²) >= 11 is 0. The standard InChI is InChI=1S/C28H38N4O4/c1-5-10-19(17-33)30-15-18-11-9-12-23(20(18)6-2)32-27-21-13-25(35-7-3)26(36-8-4)14-24(21)31-16-22(27)28(29)34/h9,11-14,16,19,30,33H,5-8,10,15,17H2,1-4H3,(H2,29,34)(H,31,32). The molecule has 1 aromatic heterocycles. The summed E-state index contributed by atoms with van der Waals surface area (Å²) in [5.74, 6) is 0.614. The van der Waals surface area contributed by atoms with Crippen molar-refractivity contribution < 1.29 is 19.4 Å². The van der Waals surface area contributed by atoms with Crippen LogP contribution in [0.3, 0.4) is 0 Å². The number of benzene rings is 2. The number of carbonyl (C=O) groups excluding carboxylic acids is 1. The van der Waals surface area contributed by atoms with Crippen molar-refractivity contribution in [3.63, 3.8) is 0 Å². The zero-order valence-corrected chi connectivity index (χ0v) is 21.7. The van der Waals surface area contributed by atoms with Gasteiger partial charge in [-0.05, 0) is 49.9 Å². The van der Waals surface area contributed by atoms with Crippen molar-refractivity contribution >= 4 is 28.2 Å². The first kappa shape index (κ1) is 27.2. The van der Waals surface area contributed by atoms with Crippen LogP contribution in [-0.2, 0) is 13.0 Å². The van der Waals surface area contributed by atoms with Crippen LogP contribution in [0.15, 0.2) is 36.5 Å². The molecule has 36 heavy (non-hydrogen) atoms. The summed E-state index contributed by atoms with van der Waals surface area (Å²) in [5, 5.41) is 17.3. The second kappa shape index (κ2) is 13.1. The van der Waals surface area contributed by atoms with E-state index in [1.54, 1.807) is 0 Å². The number of carbonyl (C=O) groups is 1. The zero-order valence-electron chi connectivity index (χ0n) is 21.7. The summed E-state index contributed by atoms with van der Waals surface area (Å²) in [7, 11) is 0. The molecular weight excluding hydrogens is 456 g/mol. The monoisotopic (exact) mass is 494 g/mol. The number of ether oxygens (including phenoxy) is 2. The lowest BCUT2D eigenvalue weighted by molar-refractivity contribution is 0.100. The highest BCUT2D eigenvalue weighted by Gasteiger charge is 2.19. The van der Waals surface area contributed by atoms with Crippen LogP contribution in [0.25, 0.3) is 10.9 Å². The molecule has 1 unspecified atom stereocenters. The van der Waals surface area contributed by atoms with Crippen LogP contribution in [0.4, 0.5) is 11.4 Å². The lowest BCUT2D eigenvalue weighted by Crippen LogP contribution is -2.32. The van der Waals surface area contributed by atoms with E-state index in [9.17, 15) is 9.90 Å². The number of nitrogens with one attached hydrogen (secondary N) is 2. The van der Waals surface area contributed by atoms with Crippen LogP contribution in [0.1, 0.15) is 62.0 Å². The Hall–Kier alpha value is -3.36. The molecule has 8 nitrogen and oxygen atoms in total. The third-order valence-corrected chi connectivity index (χ3v) is 6.12. The predicted octanol–water partition coefficient (Wildman–Crippen LogP) is 4.69. The average Bonchev–Trinajstić information content (AvgIpc) is 2.87. The number of hydrogen-bond acceptors (Lipinski definition) is 7. The molecule has 2 aromatic carbocycles. The molecule has 0 aliphatic rings. The highest BCUT2D eigenvalue weighted by Crippen LogP contribution is 2.38. The van der Waals surface area contributed by atoms with Gasteiger partial charge in [-0.1, -0.05) is 32.4 Å². The molecule has 0 spiro atoms. The Morgan fingerprint density at radius 2 is 1.83 bits per heavy atom.